The van der Waals surface area contributed by atoms with E-state index in [9.17, 15) is 4.79 Å². The maximum Gasteiger partial charge on any atom is 0.222 e. The highest BCUT2D eigenvalue weighted by Crippen LogP contribution is 2.18. The lowest BCUT2D eigenvalue weighted by molar-refractivity contribution is -0.124. The summed E-state index contributed by atoms with van der Waals surface area (Å²) in [6.45, 7) is 3.40. The third kappa shape index (κ3) is 4.48. The largest absolute Gasteiger partial charge is 0.486 e. The number of aryl methyl sites for hydroxylation is 2. The van der Waals surface area contributed by atoms with Crippen molar-refractivity contribution in [2.75, 3.05) is 13.2 Å². The fraction of sp³-hybridized carbons (Fsp3) is 0.533. The number of hydrogen-bond donors (Lipinski definition) is 1. The summed E-state index contributed by atoms with van der Waals surface area (Å²) in [5.41, 5.74) is 0.932. The van der Waals surface area contributed by atoms with Crippen LogP contribution in [0.25, 0.3) is 0 Å². The number of pyridine rings is 1. The van der Waals surface area contributed by atoms with Crippen molar-refractivity contribution in [1.29, 1.82) is 0 Å². The van der Waals surface area contributed by atoms with Crippen molar-refractivity contribution < 1.29 is 14.3 Å². The highest BCUT2D eigenvalue weighted by atomic mass is 16.5. The molecule has 24 heavy (non-hydrogen) atoms. The fourth-order valence-electron chi connectivity index (χ4n) is 2.47. The van der Waals surface area contributed by atoms with E-state index in [4.69, 9.17) is 9.47 Å². The molecule has 2 atom stereocenters. The van der Waals surface area contributed by atoms with Gasteiger partial charge in [-0.2, -0.15) is 0 Å². The molecule has 128 valence electrons. The van der Waals surface area contributed by atoms with Gasteiger partial charge in [-0.1, -0.05) is 0 Å². The van der Waals surface area contributed by atoms with Crippen molar-refractivity contribution in [2.45, 2.75) is 38.5 Å². The standard InChI is InChI=1S/C15H20N6O3/c1-11-2-3-12(8-16-11)24-14-5-7-23-9-13(14)18-15(22)4-6-21-10-17-19-20-21/h2-3,8,10,13-14H,4-7,9H2,1H3,(H,18,22)/t13-,14+/m1/s1. The molecule has 2 aromatic rings. The van der Waals surface area contributed by atoms with Crippen molar-refractivity contribution >= 4 is 5.91 Å². The molecule has 1 aliphatic heterocycles. The zero-order valence-corrected chi connectivity index (χ0v) is 13.5. The van der Waals surface area contributed by atoms with E-state index >= 15 is 0 Å². The number of hydrogen-bond acceptors (Lipinski definition) is 7. The Kier molecular flexibility index (Phi) is 5.32. The van der Waals surface area contributed by atoms with Crippen LogP contribution in [0.1, 0.15) is 18.5 Å². The minimum atomic E-state index is -0.193. The average molecular weight is 332 g/mol. The zero-order chi connectivity index (χ0) is 16.8. The number of ether oxygens (including phenoxy) is 2. The van der Waals surface area contributed by atoms with Crippen LogP contribution in [0, 0.1) is 6.92 Å². The highest BCUT2D eigenvalue weighted by Gasteiger charge is 2.29. The Morgan fingerprint density at radius 1 is 1.50 bits per heavy atom. The lowest BCUT2D eigenvalue weighted by Gasteiger charge is -2.32. The monoisotopic (exact) mass is 332 g/mol. The van der Waals surface area contributed by atoms with E-state index in [0.29, 0.717) is 38.3 Å². The average Bonchev–Trinajstić information content (AvgIpc) is 3.10. The molecule has 1 aliphatic rings. The van der Waals surface area contributed by atoms with Gasteiger partial charge in [0.15, 0.2) is 0 Å². The summed E-state index contributed by atoms with van der Waals surface area (Å²) in [7, 11) is 0. The second kappa shape index (κ2) is 7.82. The van der Waals surface area contributed by atoms with Crippen molar-refractivity contribution in [3.05, 3.63) is 30.4 Å². The lowest BCUT2D eigenvalue weighted by atomic mass is 10.1. The van der Waals surface area contributed by atoms with Crippen LogP contribution in [0.4, 0.5) is 0 Å². The first kappa shape index (κ1) is 16.3. The van der Waals surface area contributed by atoms with E-state index in [1.807, 2.05) is 19.1 Å². The van der Waals surface area contributed by atoms with E-state index in [1.165, 1.54) is 11.0 Å². The van der Waals surface area contributed by atoms with Gasteiger partial charge in [-0.3, -0.25) is 9.78 Å². The topological polar surface area (TPSA) is 104 Å². The van der Waals surface area contributed by atoms with Gasteiger partial charge in [-0.05, 0) is 29.5 Å². The van der Waals surface area contributed by atoms with Crippen LogP contribution in [0.5, 0.6) is 5.75 Å². The molecular formula is C15H20N6O3. The third-order valence-corrected chi connectivity index (χ3v) is 3.77. The third-order valence-electron chi connectivity index (χ3n) is 3.77. The minimum Gasteiger partial charge on any atom is -0.486 e. The smallest absolute Gasteiger partial charge is 0.222 e. The van der Waals surface area contributed by atoms with E-state index < -0.39 is 0 Å². The van der Waals surface area contributed by atoms with Crippen LogP contribution in [0.3, 0.4) is 0 Å². The van der Waals surface area contributed by atoms with Crippen LogP contribution in [0.15, 0.2) is 24.7 Å². The van der Waals surface area contributed by atoms with Gasteiger partial charge in [0, 0.05) is 18.5 Å². The molecule has 0 spiro atoms. The second-order valence-corrected chi connectivity index (χ2v) is 5.65. The quantitative estimate of drug-likeness (QED) is 0.801. The van der Waals surface area contributed by atoms with Gasteiger partial charge in [-0.25, -0.2) is 4.68 Å². The molecule has 0 saturated carbocycles. The van der Waals surface area contributed by atoms with Crippen molar-refractivity contribution in [1.82, 2.24) is 30.5 Å². The predicted molar refractivity (Wildman–Crippen MR) is 83.2 cm³/mol. The number of nitrogens with one attached hydrogen (secondary N) is 1. The lowest BCUT2D eigenvalue weighted by Crippen LogP contribution is -2.52. The van der Waals surface area contributed by atoms with Crippen LogP contribution in [-0.4, -0.2) is 56.5 Å². The van der Waals surface area contributed by atoms with Gasteiger partial charge in [0.1, 0.15) is 18.2 Å². The Morgan fingerprint density at radius 2 is 2.42 bits per heavy atom. The molecule has 3 heterocycles. The maximum atomic E-state index is 12.1. The van der Waals surface area contributed by atoms with Gasteiger partial charge in [0.25, 0.3) is 0 Å². The maximum absolute atomic E-state index is 12.1. The number of nitrogens with zero attached hydrogens (tertiary/aromatic N) is 5. The Morgan fingerprint density at radius 3 is 3.17 bits per heavy atom. The molecule has 1 saturated heterocycles. The molecule has 9 heteroatoms. The number of carbonyl (C=O) groups is 1. The molecule has 1 fully saturated rings. The first-order chi connectivity index (χ1) is 11.7. The molecule has 1 N–H and O–H groups in total. The molecule has 3 rings (SSSR count). The van der Waals surface area contributed by atoms with Gasteiger partial charge in [0.05, 0.1) is 32.0 Å². The molecule has 0 aliphatic carbocycles. The number of tetrazole rings is 1. The normalized spacial score (nSPS) is 20.5. The first-order valence-electron chi connectivity index (χ1n) is 7.88. The zero-order valence-electron chi connectivity index (χ0n) is 13.5. The van der Waals surface area contributed by atoms with E-state index in [1.54, 1.807) is 6.20 Å². The second-order valence-electron chi connectivity index (χ2n) is 5.65. The minimum absolute atomic E-state index is 0.0865. The molecule has 2 aromatic heterocycles. The van der Waals surface area contributed by atoms with Gasteiger partial charge >= 0.3 is 0 Å². The van der Waals surface area contributed by atoms with Crippen molar-refractivity contribution in [3.8, 4) is 5.75 Å². The molecule has 0 bridgehead atoms. The molecule has 0 radical (unpaired) electrons. The number of amides is 1. The first-order valence-corrected chi connectivity index (χ1v) is 7.88. The van der Waals surface area contributed by atoms with Crippen LogP contribution in [0.2, 0.25) is 0 Å². The summed E-state index contributed by atoms with van der Waals surface area (Å²) < 4.78 is 13.0. The van der Waals surface area contributed by atoms with E-state index in [2.05, 4.69) is 25.8 Å². The fourth-order valence-corrected chi connectivity index (χ4v) is 2.47. The van der Waals surface area contributed by atoms with Gasteiger partial charge in [0.2, 0.25) is 5.91 Å². The summed E-state index contributed by atoms with van der Waals surface area (Å²) in [6, 6.07) is 3.59. The summed E-state index contributed by atoms with van der Waals surface area (Å²) in [5, 5.41) is 13.8. The molecule has 0 aromatic carbocycles. The summed E-state index contributed by atoms with van der Waals surface area (Å²) in [4.78, 5) is 16.4. The summed E-state index contributed by atoms with van der Waals surface area (Å²) >= 11 is 0. The Hall–Kier alpha value is -2.55. The van der Waals surface area contributed by atoms with Gasteiger partial charge < -0.3 is 14.8 Å². The van der Waals surface area contributed by atoms with Crippen LogP contribution >= 0.6 is 0 Å². The highest BCUT2D eigenvalue weighted by molar-refractivity contribution is 5.76. The Bertz CT molecular complexity index is 646. The Labute approximate surface area is 139 Å². The predicted octanol–water partition coefficient (Wildman–Crippen LogP) is 0.119. The molecular weight excluding hydrogens is 312 g/mol. The number of rotatable bonds is 6. The molecule has 9 nitrogen and oxygen atoms in total. The van der Waals surface area contributed by atoms with E-state index in [-0.39, 0.29) is 18.1 Å². The Balaban J connectivity index is 1.53. The number of carbonyl (C=O) groups excluding carboxylic acids is 1. The van der Waals surface area contributed by atoms with Crippen LogP contribution < -0.4 is 10.1 Å². The van der Waals surface area contributed by atoms with Gasteiger partial charge in [-0.15, -0.1) is 5.10 Å². The summed E-state index contributed by atoms with van der Waals surface area (Å²) in [6.07, 6.45) is 4.04. The van der Waals surface area contributed by atoms with Crippen LogP contribution in [-0.2, 0) is 16.1 Å². The van der Waals surface area contributed by atoms with E-state index in [0.717, 1.165) is 5.69 Å². The molecule has 0 unspecified atom stereocenters. The molecule has 1 amide bonds. The number of aromatic nitrogens is 5. The SMILES string of the molecule is Cc1ccc(O[C@H]2CCOC[C@H]2NC(=O)CCn2cnnn2)cn1. The van der Waals surface area contributed by atoms with Crippen molar-refractivity contribution in [3.63, 3.8) is 0 Å². The van der Waals surface area contributed by atoms with Crippen molar-refractivity contribution in [2.24, 2.45) is 0 Å². The summed E-state index contributed by atoms with van der Waals surface area (Å²) in [5.74, 6) is 0.608.